The van der Waals surface area contributed by atoms with E-state index in [0.29, 0.717) is 23.8 Å². The summed E-state index contributed by atoms with van der Waals surface area (Å²) in [7, 11) is 1.56. The molecule has 0 amide bonds. The largest absolute Gasteiger partial charge is 0.480 e. The van der Waals surface area contributed by atoms with Crippen molar-refractivity contribution in [3.8, 4) is 5.88 Å². The standard InChI is InChI=1S/C11H15NO2S/c1-14-11-9(7-15-12-11)10(13)6-8-4-2-3-5-8/h7-8H,2-6H2,1H3. The lowest BCUT2D eigenvalue weighted by molar-refractivity contribution is 0.0959. The Bertz CT molecular complexity index is 342. The van der Waals surface area contributed by atoms with Gasteiger partial charge in [0.1, 0.15) is 0 Å². The second kappa shape index (κ2) is 4.75. The summed E-state index contributed by atoms with van der Waals surface area (Å²) in [5, 5.41) is 1.79. The number of carbonyl (C=O) groups excluding carboxylic acids is 1. The Balaban J connectivity index is 2.00. The van der Waals surface area contributed by atoms with Crippen LogP contribution in [0.4, 0.5) is 0 Å². The zero-order valence-electron chi connectivity index (χ0n) is 8.86. The molecule has 0 saturated heterocycles. The number of hydrogen-bond donors (Lipinski definition) is 0. The predicted molar refractivity (Wildman–Crippen MR) is 59.6 cm³/mol. The summed E-state index contributed by atoms with van der Waals surface area (Å²) in [4.78, 5) is 11.9. The first-order chi connectivity index (χ1) is 7.31. The molecule has 0 spiro atoms. The van der Waals surface area contributed by atoms with Crippen molar-refractivity contribution in [1.82, 2.24) is 4.37 Å². The molecule has 0 aromatic carbocycles. The topological polar surface area (TPSA) is 39.2 Å². The van der Waals surface area contributed by atoms with Gasteiger partial charge in [-0.1, -0.05) is 25.7 Å². The maximum Gasteiger partial charge on any atom is 0.235 e. The van der Waals surface area contributed by atoms with Gasteiger partial charge in [0.15, 0.2) is 5.78 Å². The molecule has 0 radical (unpaired) electrons. The van der Waals surface area contributed by atoms with Crippen LogP contribution in [0.25, 0.3) is 0 Å². The molecule has 0 aliphatic heterocycles. The van der Waals surface area contributed by atoms with E-state index in [4.69, 9.17) is 4.74 Å². The van der Waals surface area contributed by atoms with E-state index in [0.717, 1.165) is 0 Å². The number of aromatic nitrogens is 1. The lowest BCUT2D eigenvalue weighted by Gasteiger charge is -2.06. The van der Waals surface area contributed by atoms with Gasteiger partial charge in [-0.3, -0.25) is 4.79 Å². The van der Waals surface area contributed by atoms with Gasteiger partial charge in [-0.25, -0.2) is 0 Å². The van der Waals surface area contributed by atoms with Crippen molar-refractivity contribution in [2.24, 2.45) is 5.92 Å². The van der Waals surface area contributed by atoms with Crippen molar-refractivity contribution in [3.05, 3.63) is 10.9 Å². The third kappa shape index (κ3) is 2.37. The third-order valence-electron chi connectivity index (χ3n) is 2.98. The summed E-state index contributed by atoms with van der Waals surface area (Å²) in [6.07, 6.45) is 5.61. The van der Waals surface area contributed by atoms with Crippen LogP contribution in [-0.2, 0) is 0 Å². The molecule has 0 atom stereocenters. The highest BCUT2D eigenvalue weighted by molar-refractivity contribution is 7.04. The van der Waals surface area contributed by atoms with Gasteiger partial charge in [-0.2, -0.15) is 4.37 Å². The van der Waals surface area contributed by atoms with Crippen LogP contribution in [0.15, 0.2) is 5.38 Å². The summed E-state index contributed by atoms with van der Waals surface area (Å²) >= 11 is 1.28. The first kappa shape index (κ1) is 10.6. The van der Waals surface area contributed by atoms with Gasteiger partial charge >= 0.3 is 0 Å². The highest BCUT2D eigenvalue weighted by atomic mass is 32.1. The molecule has 1 aliphatic carbocycles. The fourth-order valence-corrected chi connectivity index (χ4v) is 2.80. The molecular formula is C11H15NO2S. The molecule has 1 aliphatic rings. The molecular weight excluding hydrogens is 210 g/mol. The number of hydrogen-bond acceptors (Lipinski definition) is 4. The molecule has 1 aromatic rings. The van der Waals surface area contributed by atoms with Crippen LogP contribution < -0.4 is 4.74 Å². The number of Topliss-reactive ketones (excluding diaryl/α,β-unsaturated/α-hetero) is 1. The van der Waals surface area contributed by atoms with Crippen molar-refractivity contribution < 1.29 is 9.53 Å². The average Bonchev–Trinajstić information content (AvgIpc) is 2.86. The van der Waals surface area contributed by atoms with Crippen molar-refractivity contribution in [2.45, 2.75) is 32.1 Å². The molecule has 0 bridgehead atoms. The first-order valence-corrected chi connectivity index (χ1v) is 6.16. The van der Waals surface area contributed by atoms with Gasteiger partial charge in [-0.05, 0) is 17.5 Å². The second-order valence-corrected chi connectivity index (χ2v) is 4.64. The Hall–Kier alpha value is -0.900. The Morgan fingerprint density at radius 2 is 2.33 bits per heavy atom. The van der Waals surface area contributed by atoms with Gasteiger partial charge < -0.3 is 4.74 Å². The van der Waals surface area contributed by atoms with Gasteiger partial charge in [0.05, 0.1) is 12.7 Å². The molecule has 4 heteroatoms. The molecule has 15 heavy (non-hydrogen) atoms. The fourth-order valence-electron chi connectivity index (χ4n) is 2.15. The van der Waals surface area contributed by atoms with Crippen LogP contribution in [-0.4, -0.2) is 17.3 Å². The zero-order chi connectivity index (χ0) is 10.7. The average molecular weight is 225 g/mol. The monoisotopic (exact) mass is 225 g/mol. The van der Waals surface area contributed by atoms with Crippen LogP contribution in [0.2, 0.25) is 0 Å². The van der Waals surface area contributed by atoms with Crippen LogP contribution >= 0.6 is 11.5 Å². The molecule has 0 N–H and O–H groups in total. The van der Waals surface area contributed by atoms with E-state index in [-0.39, 0.29) is 5.78 Å². The number of ketones is 1. The summed E-state index contributed by atoms with van der Waals surface area (Å²) in [5.74, 6) is 1.26. The number of carbonyl (C=O) groups is 1. The van der Waals surface area contributed by atoms with Crippen LogP contribution in [0, 0.1) is 5.92 Å². The van der Waals surface area contributed by atoms with Crippen LogP contribution in [0.3, 0.4) is 0 Å². The second-order valence-electron chi connectivity index (χ2n) is 4.02. The lowest BCUT2D eigenvalue weighted by atomic mass is 9.98. The molecule has 2 rings (SSSR count). The van der Waals surface area contributed by atoms with Gasteiger partial charge in [0, 0.05) is 11.8 Å². The summed E-state index contributed by atoms with van der Waals surface area (Å²) in [6.45, 7) is 0. The van der Waals surface area contributed by atoms with Crippen molar-refractivity contribution in [2.75, 3.05) is 7.11 Å². The van der Waals surface area contributed by atoms with Gasteiger partial charge in [0.2, 0.25) is 5.88 Å². The molecule has 1 saturated carbocycles. The SMILES string of the molecule is COc1nscc1C(=O)CC1CCCC1. The Labute approximate surface area is 93.6 Å². The normalized spacial score (nSPS) is 16.9. The fraction of sp³-hybridized carbons (Fsp3) is 0.636. The van der Waals surface area contributed by atoms with Crippen LogP contribution in [0.1, 0.15) is 42.5 Å². The van der Waals surface area contributed by atoms with E-state index in [1.165, 1.54) is 37.2 Å². The zero-order valence-corrected chi connectivity index (χ0v) is 9.68. The maximum absolute atomic E-state index is 11.9. The lowest BCUT2D eigenvalue weighted by Crippen LogP contribution is -2.06. The highest BCUT2D eigenvalue weighted by Gasteiger charge is 2.22. The number of nitrogens with zero attached hydrogens (tertiary/aromatic N) is 1. The van der Waals surface area contributed by atoms with E-state index in [2.05, 4.69) is 4.37 Å². The molecule has 3 nitrogen and oxygen atoms in total. The van der Waals surface area contributed by atoms with Crippen molar-refractivity contribution in [1.29, 1.82) is 0 Å². The van der Waals surface area contributed by atoms with E-state index >= 15 is 0 Å². The quantitative estimate of drug-likeness (QED) is 0.740. The van der Waals surface area contributed by atoms with E-state index in [1.807, 2.05) is 0 Å². The summed E-state index contributed by atoms with van der Waals surface area (Å²) < 4.78 is 9.08. The minimum Gasteiger partial charge on any atom is -0.480 e. The van der Waals surface area contributed by atoms with Crippen LogP contribution in [0.5, 0.6) is 5.88 Å². The summed E-state index contributed by atoms with van der Waals surface area (Å²) in [6, 6.07) is 0. The van der Waals surface area contributed by atoms with Gasteiger partial charge in [0.25, 0.3) is 0 Å². The molecule has 1 aromatic heterocycles. The van der Waals surface area contributed by atoms with Crippen molar-refractivity contribution >= 4 is 17.3 Å². The Morgan fingerprint density at radius 1 is 1.60 bits per heavy atom. The minimum absolute atomic E-state index is 0.188. The molecule has 82 valence electrons. The predicted octanol–water partition coefficient (Wildman–Crippen LogP) is 2.91. The maximum atomic E-state index is 11.9. The third-order valence-corrected chi connectivity index (χ3v) is 3.59. The smallest absolute Gasteiger partial charge is 0.235 e. The Morgan fingerprint density at radius 3 is 3.00 bits per heavy atom. The number of ether oxygens (including phenoxy) is 1. The minimum atomic E-state index is 0.188. The number of methoxy groups -OCH3 is 1. The van der Waals surface area contributed by atoms with E-state index < -0.39 is 0 Å². The number of rotatable bonds is 4. The molecule has 0 unspecified atom stereocenters. The van der Waals surface area contributed by atoms with E-state index in [1.54, 1.807) is 12.5 Å². The van der Waals surface area contributed by atoms with E-state index in [9.17, 15) is 4.79 Å². The summed E-state index contributed by atoms with van der Waals surface area (Å²) in [5.41, 5.74) is 0.661. The molecule has 1 heterocycles. The van der Waals surface area contributed by atoms with Crippen molar-refractivity contribution in [3.63, 3.8) is 0 Å². The molecule has 1 fully saturated rings. The highest BCUT2D eigenvalue weighted by Crippen LogP contribution is 2.30. The van der Waals surface area contributed by atoms with Gasteiger partial charge in [-0.15, -0.1) is 0 Å². The Kier molecular flexibility index (Phi) is 3.36. The first-order valence-electron chi connectivity index (χ1n) is 5.33.